The van der Waals surface area contributed by atoms with Crippen molar-refractivity contribution in [2.24, 2.45) is 0 Å². The number of nitrogens with zero attached hydrogens (tertiary/aromatic N) is 1. The minimum absolute atomic E-state index is 0.359. The van der Waals surface area contributed by atoms with Gasteiger partial charge in [-0.1, -0.05) is 0 Å². The van der Waals surface area contributed by atoms with Gasteiger partial charge in [0.15, 0.2) is 0 Å². The maximum absolute atomic E-state index is 11.6. The molecule has 0 atom stereocenters. The van der Waals surface area contributed by atoms with Crippen molar-refractivity contribution in [3.05, 3.63) is 36.2 Å². The highest BCUT2D eigenvalue weighted by molar-refractivity contribution is 5.95. The van der Waals surface area contributed by atoms with Gasteiger partial charge in [-0.05, 0) is 37.6 Å². The molecule has 0 unspecified atom stereocenters. The fraction of sp³-hybridized carbons (Fsp3) is 0.308. The van der Waals surface area contributed by atoms with E-state index in [0.29, 0.717) is 0 Å². The molecule has 1 amide bonds. The monoisotopic (exact) mass is 248 g/mol. The largest absolute Gasteiger partial charge is 0.467 e. The van der Waals surface area contributed by atoms with Gasteiger partial charge in [-0.3, -0.25) is 9.78 Å². The molecule has 0 aromatic carbocycles. The lowest BCUT2D eigenvalue weighted by atomic mass is 10.1. The highest BCUT2D eigenvalue weighted by Gasteiger charge is 2.29. The number of esters is 1. The van der Waals surface area contributed by atoms with Crippen molar-refractivity contribution >= 4 is 18.0 Å². The van der Waals surface area contributed by atoms with Gasteiger partial charge in [0.2, 0.25) is 5.91 Å². The second-order valence-electron chi connectivity index (χ2n) is 4.22. The first kappa shape index (κ1) is 13.9. The molecule has 0 spiro atoms. The molecular formula is C13H16N2O3. The summed E-state index contributed by atoms with van der Waals surface area (Å²) in [6, 6.07) is 3.55. The summed E-state index contributed by atoms with van der Waals surface area (Å²) in [5, 5.41) is 2.56. The second-order valence-corrected chi connectivity index (χ2v) is 4.22. The van der Waals surface area contributed by atoms with Crippen LogP contribution in [0.5, 0.6) is 0 Å². The Morgan fingerprint density at radius 3 is 2.50 bits per heavy atom. The van der Waals surface area contributed by atoms with Crippen molar-refractivity contribution in [1.82, 2.24) is 10.3 Å². The Bertz CT molecular complexity index is 453. The van der Waals surface area contributed by atoms with Crippen LogP contribution in [0.2, 0.25) is 0 Å². The highest BCUT2D eigenvalue weighted by Crippen LogP contribution is 2.05. The number of hydrogen-bond donors (Lipinski definition) is 1. The quantitative estimate of drug-likeness (QED) is 0.641. The molecule has 0 fully saturated rings. The molecule has 1 aromatic heterocycles. The van der Waals surface area contributed by atoms with Crippen LogP contribution in [0.25, 0.3) is 6.08 Å². The van der Waals surface area contributed by atoms with Crippen LogP contribution in [0.3, 0.4) is 0 Å². The van der Waals surface area contributed by atoms with Gasteiger partial charge in [-0.15, -0.1) is 0 Å². The molecule has 18 heavy (non-hydrogen) atoms. The van der Waals surface area contributed by atoms with Crippen LogP contribution in [0.1, 0.15) is 19.4 Å². The molecule has 0 aliphatic rings. The van der Waals surface area contributed by atoms with Crippen molar-refractivity contribution < 1.29 is 14.3 Å². The Hall–Kier alpha value is -2.17. The number of amides is 1. The average Bonchev–Trinajstić information content (AvgIpc) is 2.36. The fourth-order valence-electron chi connectivity index (χ4n) is 1.30. The maximum atomic E-state index is 11.6. The fourth-order valence-corrected chi connectivity index (χ4v) is 1.30. The van der Waals surface area contributed by atoms with E-state index >= 15 is 0 Å². The molecule has 0 bridgehead atoms. The molecule has 96 valence electrons. The number of hydrogen-bond acceptors (Lipinski definition) is 4. The first-order valence-corrected chi connectivity index (χ1v) is 5.44. The summed E-state index contributed by atoms with van der Waals surface area (Å²) in [5.41, 5.74) is -0.190. The summed E-state index contributed by atoms with van der Waals surface area (Å²) in [6.45, 7) is 3.16. The minimum atomic E-state index is -1.05. The normalized spacial score (nSPS) is 11.3. The summed E-state index contributed by atoms with van der Waals surface area (Å²) in [5.74, 6) is -0.852. The van der Waals surface area contributed by atoms with Crippen molar-refractivity contribution in [1.29, 1.82) is 0 Å². The number of methoxy groups -OCH3 is 1. The van der Waals surface area contributed by atoms with E-state index in [2.05, 4.69) is 15.0 Å². The zero-order valence-electron chi connectivity index (χ0n) is 10.6. The zero-order valence-corrected chi connectivity index (χ0v) is 10.6. The van der Waals surface area contributed by atoms with Crippen LogP contribution in [-0.4, -0.2) is 29.5 Å². The zero-order chi connectivity index (χ0) is 13.6. The molecule has 1 aromatic rings. The third-order valence-corrected chi connectivity index (χ3v) is 2.26. The van der Waals surface area contributed by atoms with E-state index in [-0.39, 0.29) is 5.91 Å². The Morgan fingerprint density at radius 1 is 1.33 bits per heavy atom. The minimum Gasteiger partial charge on any atom is -0.467 e. The Balaban J connectivity index is 2.62. The molecule has 0 saturated carbocycles. The third-order valence-electron chi connectivity index (χ3n) is 2.26. The molecule has 0 aliphatic heterocycles. The predicted octanol–water partition coefficient (Wildman–Crippen LogP) is 1.16. The number of aromatic nitrogens is 1. The SMILES string of the molecule is COC(=O)C(C)(C)NC(=O)/C=C/c1ccncc1. The van der Waals surface area contributed by atoms with Gasteiger partial charge in [0.25, 0.3) is 0 Å². The van der Waals surface area contributed by atoms with Gasteiger partial charge in [0.05, 0.1) is 7.11 Å². The maximum Gasteiger partial charge on any atom is 0.330 e. The first-order valence-electron chi connectivity index (χ1n) is 5.44. The lowest BCUT2D eigenvalue weighted by molar-refractivity contribution is -0.148. The number of carbonyl (C=O) groups excluding carboxylic acids is 2. The number of ether oxygens (including phenoxy) is 1. The number of rotatable bonds is 4. The molecule has 0 radical (unpaired) electrons. The van der Waals surface area contributed by atoms with Crippen LogP contribution in [0.15, 0.2) is 30.6 Å². The molecule has 1 N–H and O–H groups in total. The highest BCUT2D eigenvalue weighted by atomic mass is 16.5. The van der Waals surface area contributed by atoms with Crippen LogP contribution in [0.4, 0.5) is 0 Å². The molecule has 5 nitrogen and oxygen atoms in total. The van der Waals surface area contributed by atoms with Crippen LogP contribution in [-0.2, 0) is 14.3 Å². The van der Waals surface area contributed by atoms with Crippen LogP contribution < -0.4 is 5.32 Å². The van der Waals surface area contributed by atoms with Crippen molar-refractivity contribution in [3.63, 3.8) is 0 Å². The molecule has 0 aliphatic carbocycles. The number of carbonyl (C=O) groups is 2. The van der Waals surface area contributed by atoms with Gasteiger partial charge in [0.1, 0.15) is 5.54 Å². The summed E-state index contributed by atoms with van der Waals surface area (Å²) in [7, 11) is 1.28. The van der Waals surface area contributed by atoms with E-state index in [4.69, 9.17) is 0 Å². The van der Waals surface area contributed by atoms with Gasteiger partial charge in [-0.2, -0.15) is 0 Å². The van der Waals surface area contributed by atoms with Gasteiger partial charge in [0, 0.05) is 18.5 Å². The molecular weight excluding hydrogens is 232 g/mol. The summed E-state index contributed by atoms with van der Waals surface area (Å²) in [6.07, 6.45) is 6.27. The molecule has 1 heterocycles. The van der Waals surface area contributed by atoms with E-state index in [1.54, 1.807) is 44.4 Å². The van der Waals surface area contributed by atoms with Crippen LogP contribution >= 0.6 is 0 Å². The Kier molecular flexibility index (Phi) is 4.59. The predicted molar refractivity (Wildman–Crippen MR) is 67.5 cm³/mol. The van der Waals surface area contributed by atoms with E-state index < -0.39 is 11.5 Å². The lowest BCUT2D eigenvalue weighted by Gasteiger charge is -2.22. The third kappa shape index (κ3) is 4.01. The van der Waals surface area contributed by atoms with Crippen molar-refractivity contribution in [3.8, 4) is 0 Å². The van der Waals surface area contributed by atoms with Gasteiger partial charge < -0.3 is 10.1 Å². The van der Waals surface area contributed by atoms with E-state index in [9.17, 15) is 9.59 Å². The average molecular weight is 248 g/mol. The lowest BCUT2D eigenvalue weighted by Crippen LogP contribution is -2.49. The molecule has 0 saturated heterocycles. The number of nitrogens with one attached hydrogen (secondary N) is 1. The van der Waals surface area contributed by atoms with E-state index in [0.717, 1.165) is 5.56 Å². The smallest absolute Gasteiger partial charge is 0.330 e. The van der Waals surface area contributed by atoms with E-state index in [1.807, 2.05) is 0 Å². The Labute approximate surface area is 106 Å². The van der Waals surface area contributed by atoms with Gasteiger partial charge >= 0.3 is 5.97 Å². The summed E-state index contributed by atoms with van der Waals surface area (Å²) in [4.78, 5) is 26.9. The summed E-state index contributed by atoms with van der Waals surface area (Å²) < 4.78 is 4.59. The van der Waals surface area contributed by atoms with Crippen LogP contribution in [0, 0.1) is 0 Å². The van der Waals surface area contributed by atoms with Gasteiger partial charge in [-0.25, -0.2) is 4.79 Å². The topological polar surface area (TPSA) is 68.3 Å². The van der Waals surface area contributed by atoms with E-state index in [1.165, 1.54) is 13.2 Å². The molecule has 5 heteroatoms. The first-order chi connectivity index (χ1) is 8.45. The standard InChI is InChI=1S/C13H16N2O3/c1-13(2,12(17)18-3)15-11(16)5-4-10-6-8-14-9-7-10/h4-9H,1-3H3,(H,15,16)/b5-4+. The van der Waals surface area contributed by atoms with Crippen molar-refractivity contribution in [2.75, 3.05) is 7.11 Å². The second kappa shape index (κ2) is 5.95. The Morgan fingerprint density at radius 2 is 1.94 bits per heavy atom. The number of pyridine rings is 1. The summed E-state index contributed by atoms with van der Waals surface area (Å²) >= 11 is 0. The van der Waals surface area contributed by atoms with Crippen molar-refractivity contribution in [2.45, 2.75) is 19.4 Å². The molecule has 1 rings (SSSR count).